The zero-order chi connectivity index (χ0) is 22.2. The van der Waals surface area contributed by atoms with Crippen LogP contribution in [-0.4, -0.2) is 52.0 Å². The van der Waals surface area contributed by atoms with Gasteiger partial charge in [0.05, 0.1) is 12.7 Å². The number of urea groups is 1. The maximum Gasteiger partial charge on any atom is 0.323 e. The third kappa shape index (κ3) is 4.17. The summed E-state index contributed by atoms with van der Waals surface area (Å²) < 4.78 is 30.7. The number of aryl methyl sites for hydroxylation is 1. The molecule has 2 bridgehead atoms. The lowest BCUT2D eigenvalue weighted by Gasteiger charge is -2.39. The van der Waals surface area contributed by atoms with Crippen LogP contribution in [0.2, 0.25) is 0 Å². The number of carbonyl (C=O) groups excluding carboxylic acids is 1. The Balaban J connectivity index is 1.29. The van der Waals surface area contributed by atoms with Crippen molar-refractivity contribution in [3.63, 3.8) is 0 Å². The van der Waals surface area contributed by atoms with E-state index in [0.717, 1.165) is 29.2 Å². The summed E-state index contributed by atoms with van der Waals surface area (Å²) in [6, 6.07) is 7.71. The lowest BCUT2D eigenvalue weighted by Crippen LogP contribution is -2.53. The number of fused-ring (bicyclic) bond motifs is 3. The molecule has 0 aliphatic carbocycles. The van der Waals surface area contributed by atoms with Gasteiger partial charge in [0.2, 0.25) is 0 Å². The molecule has 0 unspecified atom stereocenters. The summed E-state index contributed by atoms with van der Waals surface area (Å²) in [5.41, 5.74) is 0.901. The van der Waals surface area contributed by atoms with Crippen LogP contribution in [0.5, 0.6) is 0 Å². The smallest absolute Gasteiger partial charge is 0.323 e. The second-order valence-electron chi connectivity index (χ2n) is 8.57. The highest BCUT2D eigenvalue weighted by Crippen LogP contribution is 2.36. The Morgan fingerprint density at radius 1 is 1.16 bits per heavy atom. The fourth-order valence-corrected chi connectivity index (χ4v) is 4.96. The summed E-state index contributed by atoms with van der Waals surface area (Å²) in [5.74, 6) is 1.77. The van der Waals surface area contributed by atoms with E-state index >= 15 is 0 Å². The van der Waals surface area contributed by atoms with Crippen molar-refractivity contribution >= 4 is 22.6 Å². The monoisotopic (exact) mass is 441 g/mol. The van der Waals surface area contributed by atoms with Crippen LogP contribution in [0.3, 0.4) is 0 Å². The number of hydrogen-bond donors (Lipinski definition) is 2. The number of rotatable bonds is 5. The van der Waals surface area contributed by atoms with Gasteiger partial charge in [0.15, 0.2) is 11.7 Å². The second-order valence-corrected chi connectivity index (χ2v) is 8.57. The van der Waals surface area contributed by atoms with Gasteiger partial charge in [0.25, 0.3) is 6.43 Å². The zero-order valence-electron chi connectivity index (χ0n) is 17.7. The molecule has 9 heteroatoms. The maximum atomic E-state index is 13.0. The van der Waals surface area contributed by atoms with Crippen molar-refractivity contribution < 1.29 is 18.0 Å². The number of alkyl halides is 2. The van der Waals surface area contributed by atoms with Gasteiger partial charge in [-0.2, -0.15) is 0 Å². The first kappa shape index (κ1) is 20.8. The van der Waals surface area contributed by atoms with E-state index in [1.165, 1.54) is 0 Å². The summed E-state index contributed by atoms with van der Waals surface area (Å²) >= 11 is 0. The number of oxazole rings is 1. The first-order chi connectivity index (χ1) is 15.5. The minimum atomic E-state index is -2.36. The van der Waals surface area contributed by atoms with Crippen LogP contribution in [0.15, 0.2) is 41.1 Å². The van der Waals surface area contributed by atoms with Gasteiger partial charge in [0, 0.05) is 42.2 Å². The van der Waals surface area contributed by atoms with Crippen LogP contribution in [0, 0.1) is 6.92 Å². The van der Waals surface area contributed by atoms with Crippen LogP contribution < -0.4 is 10.6 Å². The number of nitrogens with one attached hydrogen (secondary N) is 2. The average Bonchev–Trinajstić information content (AvgIpc) is 3.32. The number of hydrogen-bond acceptors (Lipinski definition) is 5. The topological polar surface area (TPSA) is 83.3 Å². The Kier molecular flexibility index (Phi) is 5.50. The molecule has 2 aliphatic heterocycles. The summed E-state index contributed by atoms with van der Waals surface area (Å²) in [7, 11) is 0. The molecule has 4 heterocycles. The molecule has 168 valence electrons. The third-order valence-electron chi connectivity index (χ3n) is 6.39. The minimum Gasteiger partial charge on any atom is -0.441 e. The average molecular weight is 441 g/mol. The summed E-state index contributed by atoms with van der Waals surface area (Å²) in [5, 5.41) is 7.75. The maximum absolute atomic E-state index is 13.0. The molecule has 2 N–H and O–H groups in total. The third-order valence-corrected chi connectivity index (χ3v) is 6.39. The summed E-state index contributed by atoms with van der Waals surface area (Å²) in [4.78, 5) is 23.5. The molecule has 2 fully saturated rings. The zero-order valence-corrected chi connectivity index (χ0v) is 17.7. The molecule has 2 saturated heterocycles. The van der Waals surface area contributed by atoms with Crippen molar-refractivity contribution in [3.05, 3.63) is 42.5 Å². The highest BCUT2D eigenvalue weighted by Gasteiger charge is 2.43. The van der Waals surface area contributed by atoms with Gasteiger partial charge in [-0.3, -0.25) is 5.32 Å². The molecule has 0 radical (unpaired) electrons. The normalized spacial score (nSPS) is 22.6. The molecule has 7 nitrogen and oxygen atoms in total. The van der Waals surface area contributed by atoms with E-state index in [1.807, 2.05) is 29.2 Å². The fraction of sp³-hybridized carbons (Fsp3) is 0.435. The van der Waals surface area contributed by atoms with Gasteiger partial charge in [-0.05, 0) is 43.2 Å². The largest absolute Gasteiger partial charge is 0.441 e. The van der Waals surface area contributed by atoms with Crippen LogP contribution in [0.25, 0.3) is 22.1 Å². The van der Waals surface area contributed by atoms with E-state index in [9.17, 15) is 13.6 Å². The Bertz CT molecular complexity index is 1120. The van der Waals surface area contributed by atoms with Gasteiger partial charge in [-0.25, -0.2) is 23.5 Å². The van der Waals surface area contributed by atoms with Gasteiger partial charge in [-0.1, -0.05) is 12.1 Å². The minimum absolute atomic E-state index is 0.0301. The number of nitrogens with zero attached hydrogens (tertiary/aromatic N) is 3. The number of halogens is 2. The van der Waals surface area contributed by atoms with Crippen molar-refractivity contribution in [1.82, 2.24) is 20.2 Å². The summed E-state index contributed by atoms with van der Waals surface area (Å²) in [6.45, 7) is 1.50. The highest BCUT2D eigenvalue weighted by atomic mass is 19.3. The molecule has 0 spiro atoms. The number of piperidine rings is 1. The molecular weight excluding hydrogens is 416 g/mol. The first-order valence-electron chi connectivity index (χ1n) is 10.9. The Labute approximate surface area is 184 Å². The van der Waals surface area contributed by atoms with E-state index in [1.54, 1.807) is 19.3 Å². The number of aromatic nitrogens is 2. The number of pyridine rings is 1. The molecule has 32 heavy (non-hydrogen) atoms. The SMILES string of the molecule is Cc1ncc(-c2ccc3cnc(NC(=O)N4[C@@H]5CC[C@H]4C[C@@H](NCC(F)F)C5)cc3c2)o1. The quantitative estimate of drug-likeness (QED) is 0.606. The molecule has 2 amide bonds. The Morgan fingerprint density at radius 3 is 2.62 bits per heavy atom. The van der Waals surface area contributed by atoms with Crippen molar-refractivity contribution in [3.8, 4) is 11.3 Å². The van der Waals surface area contributed by atoms with Crippen molar-refractivity contribution in [2.24, 2.45) is 0 Å². The second kappa shape index (κ2) is 8.46. The lowest BCUT2D eigenvalue weighted by atomic mass is 9.97. The van der Waals surface area contributed by atoms with Crippen LogP contribution in [-0.2, 0) is 0 Å². The molecule has 1 aromatic carbocycles. The predicted molar refractivity (Wildman–Crippen MR) is 117 cm³/mol. The number of anilines is 1. The van der Waals surface area contributed by atoms with E-state index in [0.29, 0.717) is 30.3 Å². The van der Waals surface area contributed by atoms with Gasteiger partial charge in [-0.15, -0.1) is 0 Å². The Morgan fingerprint density at radius 2 is 1.94 bits per heavy atom. The van der Waals surface area contributed by atoms with E-state index in [2.05, 4.69) is 20.6 Å². The van der Waals surface area contributed by atoms with Crippen LogP contribution >= 0.6 is 0 Å². The van der Waals surface area contributed by atoms with E-state index in [4.69, 9.17) is 4.42 Å². The summed E-state index contributed by atoms with van der Waals surface area (Å²) in [6.07, 6.45) is 4.25. The van der Waals surface area contributed by atoms with E-state index in [-0.39, 0.29) is 30.7 Å². The van der Waals surface area contributed by atoms with Gasteiger partial charge < -0.3 is 14.6 Å². The lowest BCUT2D eigenvalue weighted by molar-refractivity contribution is 0.115. The molecule has 2 aliphatic rings. The van der Waals surface area contributed by atoms with Crippen LogP contribution in [0.1, 0.15) is 31.6 Å². The van der Waals surface area contributed by atoms with Crippen molar-refractivity contribution in [1.29, 1.82) is 0 Å². The van der Waals surface area contributed by atoms with Gasteiger partial charge >= 0.3 is 6.03 Å². The highest BCUT2D eigenvalue weighted by molar-refractivity contribution is 5.93. The fourth-order valence-electron chi connectivity index (χ4n) is 4.96. The van der Waals surface area contributed by atoms with Crippen molar-refractivity contribution in [2.45, 2.75) is 57.2 Å². The van der Waals surface area contributed by atoms with Crippen molar-refractivity contribution in [2.75, 3.05) is 11.9 Å². The predicted octanol–water partition coefficient (Wildman–Crippen LogP) is 4.58. The molecular formula is C23H25F2N5O2. The standard InChI is InChI=1S/C23H25F2N5O2/c1-13-26-11-20(32-13)14-2-3-15-10-28-22(7-16(15)6-14)29-23(31)30-18-4-5-19(30)9-17(8-18)27-12-21(24)25/h2-3,6-7,10-11,17-19,21,27H,4-5,8-9,12H2,1H3,(H,28,29,31)/t17-,18+,19-. The number of carbonyl (C=O) groups is 1. The van der Waals surface area contributed by atoms with E-state index < -0.39 is 6.43 Å². The van der Waals surface area contributed by atoms with Crippen LogP contribution in [0.4, 0.5) is 19.4 Å². The molecule has 2 aromatic heterocycles. The number of amides is 2. The first-order valence-corrected chi connectivity index (χ1v) is 10.9. The molecule has 3 aromatic rings. The molecule has 0 saturated carbocycles. The van der Waals surface area contributed by atoms with Gasteiger partial charge in [0.1, 0.15) is 5.82 Å². The Hall–Kier alpha value is -3.07. The molecule has 5 rings (SSSR count). The molecule has 3 atom stereocenters. The number of benzene rings is 1.